The molecule has 0 saturated carbocycles. The summed E-state index contributed by atoms with van der Waals surface area (Å²) in [5.41, 5.74) is 2.35. The smallest absolute Gasteiger partial charge is 0.264 e. The van der Waals surface area contributed by atoms with Gasteiger partial charge in [-0.1, -0.05) is 36.8 Å². The number of alkyl halides is 3. The van der Waals surface area contributed by atoms with E-state index in [0.717, 1.165) is 23.3 Å². The van der Waals surface area contributed by atoms with Crippen LogP contribution in [0.25, 0.3) is 11.1 Å². The van der Waals surface area contributed by atoms with Crippen LogP contribution in [0.2, 0.25) is 0 Å². The standard InChI is InChI=1S/C12H8F3N.C6H12/c13-12(14,15)11-5-3-9(4-6-11)10-2-1-7-16-8-10;1-4-6(3)5-2/h1-8H;4H,5H2,1-3H3/b;6-4+. The van der Waals surface area contributed by atoms with E-state index in [9.17, 15) is 13.2 Å². The first-order valence-electron chi connectivity index (χ1n) is 7.08. The number of pyridine rings is 1. The zero-order chi connectivity index (χ0) is 16.6. The monoisotopic (exact) mass is 307 g/mol. The molecule has 0 saturated heterocycles. The highest BCUT2D eigenvalue weighted by Gasteiger charge is 2.29. The van der Waals surface area contributed by atoms with Gasteiger partial charge in [-0.3, -0.25) is 4.98 Å². The number of nitrogens with zero attached hydrogens (tertiary/aromatic N) is 1. The number of allylic oxidation sites excluding steroid dienone is 2. The van der Waals surface area contributed by atoms with Crippen LogP contribution in [0.3, 0.4) is 0 Å². The summed E-state index contributed by atoms with van der Waals surface area (Å²) >= 11 is 0. The van der Waals surface area contributed by atoms with Crippen molar-refractivity contribution in [2.75, 3.05) is 0 Å². The van der Waals surface area contributed by atoms with Crippen molar-refractivity contribution in [2.45, 2.75) is 33.4 Å². The Morgan fingerprint density at radius 3 is 2.09 bits per heavy atom. The van der Waals surface area contributed by atoms with Crippen LogP contribution in [0.1, 0.15) is 32.8 Å². The predicted octanol–water partition coefficient (Wildman–Crippen LogP) is 6.13. The van der Waals surface area contributed by atoms with Gasteiger partial charge in [-0.25, -0.2) is 0 Å². The minimum atomic E-state index is -4.28. The molecule has 1 aromatic heterocycles. The molecule has 0 aliphatic rings. The average Bonchev–Trinajstić information content (AvgIpc) is 2.55. The fourth-order valence-corrected chi connectivity index (χ4v) is 1.59. The van der Waals surface area contributed by atoms with E-state index < -0.39 is 11.7 Å². The number of benzene rings is 1. The van der Waals surface area contributed by atoms with E-state index in [1.54, 1.807) is 24.5 Å². The lowest BCUT2D eigenvalue weighted by Gasteiger charge is -2.07. The van der Waals surface area contributed by atoms with Crippen molar-refractivity contribution < 1.29 is 13.2 Å². The lowest BCUT2D eigenvalue weighted by molar-refractivity contribution is -0.137. The molecule has 0 amide bonds. The fraction of sp³-hybridized carbons (Fsp3) is 0.278. The first-order valence-corrected chi connectivity index (χ1v) is 7.08. The lowest BCUT2D eigenvalue weighted by Crippen LogP contribution is -2.03. The average molecular weight is 307 g/mol. The molecule has 1 aromatic carbocycles. The van der Waals surface area contributed by atoms with Gasteiger partial charge in [-0.15, -0.1) is 0 Å². The molecule has 2 rings (SSSR count). The van der Waals surface area contributed by atoms with E-state index in [4.69, 9.17) is 0 Å². The molecular formula is C18H20F3N. The Bertz CT molecular complexity index is 584. The zero-order valence-corrected chi connectivity index (χ0v) is 13.0. The molecule has 0 unspecified atom stereocenters. The molecule has 0 bridgehead atoms. The number of halogens is 3. The molecule has 0 aliphatic carbocycles. The normalized spacial score (nSPS) is 11.6. The number of hydrogen-bond donors (Lipinski definition) is 0. The Morgan fingerprint density at radius 2 is 1.73 bits per heavy atom. The summed E-state index contributed by atoms with van der Waals surface area (Å²) in [4.78, 5) is 3.91. The first kappa shape index (κ1) is 18.0. The van der Waals surface area contributed by atoms with Gasteiger partial charge in [0.05, 0.1) is 5.56 Å². The van der Waals surface area contributed by atoms with E-state index in [2.05, 4.69) is 31.8 Å². The fourth-order valence-electron chi connectivity index (χ4n) is 1.59. The van der Waals surface area contributed by atoms with Gasteiger partial charge >= 0.3 is 6.18 Å². The number of aromatic nitrogens is 1. The van der Waals surface area contributed by atoms with Crippen LogP contribution in [0.5, 0.6) is 0 Å². The van der Waals surface area contributed by atoms with Crippen LogP contribution in [0.15, 0.2) is 60.4 Å². The third kappa shape index (κ3) is 5.72. The van der Waals surface area contributed by atoms with Crippen molar-refractivity contribution in [3.63, 3.8) is 0 Å². The highest BCUT2D eigenvalue weighted by atomic mass is 19.4. The minimum Gasteiger partial charge on any atom is -0.264 e. The van der Waals surface area contributed by atoms with Gasteiger partial charge in [0.25, 0.3) is 0 Å². The van der Waals surface area contributed by atoms with E-state index in [0.29, 0.717) is 0 Å². The second kappa shape index (κ2) is 8.37. The van der Waals surface area contributed by atoms with Gasteiger partial charge in [-0.05, 0) is 49.6 Å². The highest BCUT2D eigenvalue weighted by molar-refractivity contribution is 5.62. The maximum absolute atomic E-state index is 12.3. The van der Waals surface area contributed by atoms with Crippen LogP contribution in [0.4, 0.5) is 13.2 Å². The summed E-state index contributed by atoms with van der Waals surface area (Å²) in [6.45, 7) is 6.37. The first-order chi connectivity index (χ1) is 10.4. The molecule has 0 aliphatic heterocycles. The Labute approximate surface area is 129 Å². The molecule has 0 atom stereocenters. The molecule has 118 valence electrons. The Balaban J connectivity index is 0.000000346. The van der Waals surface area contributed by atoms with Gasteiger partial charge in [0, 0.05) is 12.4 Å². The summed E-state index contributed by atoms with van der Waals surface area (Å²) < 4.78 is 36.9. The molecule has 0 N–H and O–H groups in total. The molecule has 0 spiro atoms. The predicted molar refractivity (Wildman–Crippen MR) is 84.4 cm³/mol. The van der Waals surface area contributed by atoms with Crippen LogP contribution in [-0.4, -0.2) is 4.98 Å². The van der Waals surface area contributed by atoms with Gasteiger partial charge in [0.2, 0.25) is 0 Å². The van der Waals surface area contributed by atoms with Crippen molar-refractivity contribution in [1.82, 2.24) is 4.98 Å². The van der Waals surface area contributed by atoms with Gasteiger partial charge in [-0.2, -0.15) is 13.2 Å². The van der Waals surface area contributed by atoms with Crippen LogP contribution in [0, 0.1) is 0 Å². The SMILES string of the molecule is C/C=C(\C)CC.FC(F)(F)c1ccc(-c2cccnc2)cc1. The third-order valence-corrected chi connectivity index (χ3v) is 3.26. The molecular weight excluding hydrogens is 287 g/mol. The second-order valence-electron chi connectivity index (χ2n) is 4.81. The van der Waals surface area contributed by atoms with Gasteiger partial charge in [0.15, 0.2) is 0 Å². The highest BCUT2D eigenvalue weighted by Crippen LogP contribution is 2.30. The molecule has 22 heavy (non-hydrogen) atoms. The minimum absolute atomic E-state index is 0.639. The molecule has 2 aromatic rings. The molecule has 1 heterocycles. The van der Waals surface area contributed by atoms with Crippen molar-refractivity contribution in [2.24, 2.45) is 0 Å². The summed E-state index contributed by atoms with van der Waals surface area (Å²) in [5, 5.41) is 0. The molecule has 0 fully saturated rings. The Hall–Kier alpha value is -2.10. The largest absolute Gasteiger partial charge is 0.416 e. The number of hydrogen-bond acceptors (Lipinski definition) is 1. The topological polar surface area (TPSA) is 12.9 Å². The van der Waals surface area contributed by atoms with Crippen LogP contribution in [-0.2, 0) is 6.18 Å². The van der Waals surface area contributed by atoms with Crippen LogP contribution < -0.4 is 0 Å². The molecule has 1 nitrogen and oxygen atoms in total. The zero-order valence-electron chi connectivity index (χ0n) is 13.0. The molecule has 0 radical (unpaired) electrons. The summed E-state index contributed by atoms with van der Waals surface area (Å²) in [7, 11) is 0. The van der Waals surface area contributed by atoms with Gasteiger partial charge < -0.3 is 0 Å². The van der Waals surface area contributed by atoms with E-state index in [1.807, 2.05) is 0 Å². The van der Waals surface area contributed by atoms with Crippen LogP contribution >= 0.6 is 0 Å². The Kier molecular flexibility index (Phi) is 6.83. The third-order valence-electron chi connectivity index (χ3n) is 3.26. The maximum Gasteiger partial charge on any atom is 0.416 e. The quantitative estimate of drug-likeness (QED) is 0.608. The van der Waals surface area contributed by atoms with E-state index >= 15 is 0 Å². The van der Waals surface area contributed by atoms with Crippen molar-refractivity contribution in [1.29, 1.82) is 0 Å². The summed E-state index contributed by atoms with van der Waals surface area (Å²) in [6, 6.07) is 8.58. The summed E-state index contributed by atoms with van der Waals surface area (Å²) in [5.74, 6) is 0. The molecule has 4 heteroatoms. The van der Waals surface area contributed by atoms with Gasteiger partial charge in [0.1, 0.15) is 0 Å². The lowest BCUT2D eigenvalue weighted by atomic mass is 10.1. The van der Waals surface area contributed by atoms with E-state index in [-0.39, 0.29) is 0 Å². The maximum atomic E-state index is 12.3. The van der Waals surface area contributed by atoms with Crippen molar-refractivity contribution >= 4 is 0 Å². The van der Waals surface area contributed by atoms with Crippen molar-refractivity contribution in [3.8, 4) is 11.1 Å². The number of rotatable bonds is 2. The Morgan fingerprint density at radius 1 is 1.09 bits per heavy atom. The second-order valence-corrected chi connectivity index (χ2v) is 4.81. The summed E-state index contributed by atoms with van der Waals surface area (Å²) in [6.07, 6.45) is 2.28. The van der Waals surface area contributed by atoms with E-state index in [1.165, 1.54) is 24.1 Å². The van der Waals surface area contributed by atoms with Crippen molar-refractivity contribution in [3.05, 3.63) is 66.0 Å².